The number of phenolic OH excluding ortho intramolecular Hbond substituents is 1. The first-order valence-electron chi connectivity index (χ1n) is 11.5. The fraction of sp³-hybridized carbons (Fsp3) is 0.222. The molecular weight excluding hydrogens is 460 g/mol. The van der Waals surface area contributed by atoms with Crippen LogP contribution < -0.4 is 10.3 Å². The van der Waals surface area contributed by atoms with Crippen LogP contribution in [0.25, 0.3) is 22.3 Å². The number of aryl methyl sites for hydroxylation is 1. The van der Waals surface area contributed by atoms with Crippen LogP contribution in [0, 0.1) is 17.0 Å². The third-order valence-corrected chi connectivity index (χ3v) is 5.83. The second-order valence-corrected chi connectivity index (χ2v) is 8.58. The summed E-state index contributed by atoms with van der Waals surface area (Å²) in [6.07, 6.45) is 1.22. The molecular formula is C27H26N4O5. The molecule has 0 spiro atoms. The summed E-state index contributed by atoms with van der Waals surface area (Å²) >= 11 is 0. The smallest absolute Gasteiger partial charge is 0.311 e. The van der Waals surface area contributed by atoms with Gasteiger partial charge in [-0.3, -0.25) is 14.9 Å². The molecule has 1 N–H and O–H groups in total. The van der Waals surface area contributed by atoms with E-state index in [0.29, 0.717) is 28.9 Å². The van der Waals surface area contributed by atoms with Crippen LogP contribution in [0.15, 0.2) is 64.5 Å². The van der Waals surface area contributed by atoms with E-state index in [1.54, 1.807) is 24.3 Å². The quantitative estimate of drug-likeness (QED) is 0.212. The van der Waals surface area contributed by atoms with Crippen LogP contribution in [0.4, 0.5) is 5.69 Å². The zero-order valence-electron chi connectivity index (χ0n) is 20.4. The summed E-state index contributed by atoms with van der Waals surface area (Å²) in [6.45, 7) is 8.47. The Hall–Kier alpha value is -4.53. The highest BCUT2D eigenvalue weighted by atomic mass is 16.6. The fourth-order valence-corrected chi connectivity index (χ4v) is 4.00. The zero-order valence-corrected chi connectivity index (χ0v) is 20.4. The molecule has 9 heteroatoms. The van der Waals surface area contributed by atoms with Crippen molar-refractivity contribution in [3.05, 3.63) is 91.8 Å². The van der Waals surface area contributed by atoms with Crippen molar-refractivity contribution in [2.45, 2.75) is 33.6 Å². The Balaban J connectivity index is 1.98. The van der Waals surface area contributed by atoms with E-state index in [0.717, 1.165) is 21.6 Å². The summed E-state index contributed by atoms with van der Waals surface area (Å²) in [5, 5.41) is 26.3. The third kappa shape index (κ3) is 4.55. The Bertz CT molecular complexity index is 1560. The Kier molecular flexibility index (Phi) is 6.82. The van der Waals surface area contributed by atoms with Gasteiger partial charge >= 0.3 is 5.69 Å². The first kappa shape index (κ1) is 24.6. The van der Waals surface area contributed by atoms with E-state index in [-0.39, 0.29) is 11.5 Å². The fourth-order valence-electron chi connectivity index (χ4n) is 4.00. The number of aromatic hydroxyl groups is 1. The molecule has 0 aliphatic carbocycles. The van der Waals surface area contributed by atoms with E-state index in [1.165, 1.54) is 24.4 Å². The Morgan fingerprint density at radius 1 is 1.19 bits per heavy atom. The summed E-state index contributed by atoms with van der Waals surface area (Å²) in [5.41, 5.74) is 2.26. The maximum Gasteiger partial charge on any atom is 0.311 e. The number of benzene rings is 3. The molecule has 4 aromatic rings. The summed E-state index contributed by atoms with van der Waals surface area (Å²) in [6, 6.07) is 15.0. The Morgan fingerprint density at radius 3 is 2.64 bits per heavy atom. The van der Waals surface area contributed by atoms with E-state index < -0.39 is 21.9 Å². The average Bonchev–Trinajstić information content (AvgIpc) is 2.84. The predicted octanol–water partition coefficient (Wildman–Crippen LogP) is 5.39. The van der Waals surface area contributed by atoms with Crippen molar-refractivity contribution in [2.24, 2.45) is 5.10 Å². The zero-order chi connectivity index (χ0) is 26.0. The number of nitro groups is 1. The number of ether oxygens (including phenoxy) is 1. The molecule has 0 aliphatic rings. The van der Waals surface area contributed by atoms with Crippen molar-refractivity contribution in [2.75, 3.05) is 6.61 Å². The normalized spacial score (nSPS) is 11.5. The summed E-state index contributed by atoms with van der Waals surface area (Å²) < 4.78 is 7.00. The first-order valence-corrected chi connectivity index (χ1v) is 11.5. The summed E-state index contributed by atoms with van der Waals surface area (Å²) in [7, 11) is 0. The molecule has 0 saturated heterocycles. The minimum absolute atomic E-state index is 0.0986. The molecule has 1 aromatic heterocycles. The van der Waals surface area contributed by atoms with Crippen LogP contribution in [0.1, 0.15) is 43.4 Å². The molecule has 1 heterocycles. The number of para-hydroxylation sites is 2. The van der Waals surface area contributed by atoms with Crippen LogP contribution in [0.3, 0.4) is 0 Å². The highest BCUT2D eigenvalue weighted by Gasteiger charge is 2.19. The lowest BCUT2D eigenvalue weighted by Crippen LogP contribution is -2.21. The number of nitro benzene ring substituents is 1. The van der Waals surface area contributed by atoms with Gasteiger partial charge < -0.3 is 9.84 Å². The minimum atomic E-state index is -0.682. The molecule has 184 valence electrons. The van der Waals surface area contributed by atoms with E-state index in [2.05, 4.69) is 18.9 Å². The predicted molar refractivity (Wildman–Crippen MR) is 139 cm³/mol. The molecule has 0 fully saturated rings. The topological polar surface area (TPSA) is 120 Å². The van der Waals surface area contributed by atoms with Gasteiger partial charge in [-0.2, -0.15) is 9.78 Å². The van der Waals surface area contributed by atoms with Gasteiger partial charge in [0, 0.05) is 17.2 Å². The Labute approximate surface area is 207 Å². The minimum Gasteiger partial charge on any atom is -0.502 e. The SMILES string of the molecule is CCOc1cc(C)c(-c2nc3ccccc3c(=O)n2N=Cc2cccc([N+](=O)[O-])c2O)cc1C(C)C. The lowest BCUT2D eigenvalue weighted by atomic mass is 9.96. The van der Waals surface area contributed by atoms with Crippen LogP contribution >= 0.6 is 0 Å². The van der Waals surface area contributed by atoms with Crippen molar-refractivity contribution in [1.29, 1.82) is 0 Å². The van der Waals surface area contributed by atoms with Crippen molar-refractivity contribution < 1.29 is 14.8 Å². The highest BCUT2D eigenvalue weighted by Crippen LogP contribution is 2.34. The van der Waals surface area contributed by atoms with Gasteiger partial charge in [0.1, 0.15) is 5.75 Å². The molecule has 0 unspecified atom stereocenters. The van der Waals surface area contributed by atoms with Crippen molar-refractivity contribution in [3.8, 4) is 22.9 Å². The average molecular weight is 487 g/mol. The Morgan fingerprint density at radius 2 is 1.94 bits per heavy atom. The lowest BCUT2D eigenvalue weighted by molar-refractivity contribution is -0.385. The molecule has 0 radical (unpaired) electrons. The van der Waals surface area contributed by atoms with Crippen LogP contribution in [-0.2, 0) is 0 Å². The lowest BCUT2D eigenvalue weighted by Gasteiger charge is -2.18. The molecule has 0 atom stereocenters. The summed E-state index contributed by atoms with van der Waals surface area (Å²) in [5.74, 6) is 0.696. The van der Waals surface area contributed by atoms with Gasteiger partial charge in [0.15, 0.2) is 5.82 Å². The van der Waals surface area contributed by atoms with Crippen LogP contribution in [0.2, 0.25) is 0 Å². The number of nitrogens with zero attached hydrogens (tertiary/aromatic N) is 4. The number of hydrogen-bond donors (Lipinski definition) is 1. The van der Waals surface area contributed by atoms with Gasteiger partial charge in [-0.25, -0.2) is 4.98 Å². The second-order valence-electron chi connectivity index (χ2n) is 8.58. The van der Waals surface area contributed by atoms with Crippen LogP contribution in [-0.4, -0.2) is 32.5 Å². The molecule has 36 heavy (non-hydrogen) atoms. The largest absolute Gasteiger partial charge is 0.502 e. The van der Waals surface area contributed by atoms with Gasteiger partial charge in [0.25, 0.3) is 5.56 Å². The number of hydrogen-bond acceptors (Lipinski definition) is 7. The summed E-state index contributed by atoms with van der Waals surface area (Å²) in [4.78, 5) is 28.8. The number of fused-ring (bicyclic) bond motifs is 1. The van der Waals surface area contributed by atoms with Gasteiger partial charge in [-0.1, -0.05) is 32.0 Å². The van der Waals surface area contributed by atoms with Crippen molar-refractivity contribution in [1.82, 2.24) is 9.66 Å². The monoisotopic (exact) mass is 486 g/mol. The third-order valence-electron chi connectivity index (χ3n) is 5.83. The molecule has 0 bridgehead atoms. The molecule has 9 nitrogen and oxygen atoms in total. The standard InChI is InChI=1S/C27H26N4O5/c1-5-36-24-13-17(4)21(14-20(24)16(2)3)26-29-22-11-7-6-10-19(22)27(33)30(26)28-15-18-9-8-12-23(25(18)32)31(34)35/h6-16,32H,5H2,1-4H3. The number of rotatable bonds is 7. The van der Waals surface area contributed by atoms with Crippen molar-refractivity contribution in [3.63, 3.8) is 0 Å². The van der Waals surface area contributed by atoms with E-state index >= 15 is 0 Å². The molecule has 3 aromatic carbocycles. The molecule has 0 amide bonds. The molecule has 0 saturated carbocycles. The van der Waals surface area contributed by atoms with E-state index in [1.807, 2.05) is 26.0 Å². The number of aromatic nitrogens is 2. The second kappa shape index (κ2) is 9.99. The van der Waals surface area contributed by atoms with Crippen molar-refractivity contribution >= 4 is 22.8 Å². The molecule has 0 aliphatic heterocycles. The van der Waals surface area contributed by atoms with E-state index in [9.17, 15) is 20.0 Å². The van der Waals surface area contributed by atoms with Gasteiger partial charge in [0.05, 0.1) is 28.6 Å². The highest BCUT2D eigenvalue weighted by molar-refractivity contribution is 5.86. The van der Waals surface area contributed by atoms with Gasteiger partial charge in [0.2, 0.25) is 5.75 Å². The number of phenols is 1. The van der Waals surface area contributed by atoms with Gasteiger partial charge in [-0.05, 0) is 61.2 Å². The van der Waals surface area contributed by atoms with Gasteiger partial charge in [-0.15, -0.1) is 0 Å². The molecule has 4 rings (SSSR count). The van der Waals surface area contributed by atoms with E-state index in [4.69, 9.17) is 9.72 Å². The first-order chi connectivity index (χ1) is 17.2. The maximum absolute atomic E-state index is 13.5. The van der Waals surface area contributed by atoms with Crippen LogP contribution in [0.5, 0.6) is 11.5 Å². The maximum atomic E-state index is 13.5.